The van der Waals surface area contributed by atoms with Crippen LogP contribution < -0.4 is 5.14 Å². The Hall–Kier alpha value is 0.0600. The molecule has 0 spiro atoms. The molecule has 4 nitrogen and oxygen atoms in total. The fraction of sp³-hybridized carbons (Fsp3) is 0.667. The van der Waals surface area contributed by atoms with Crippen LogP contribution in [0.1, 0.15) is 0 Å². The first-order valence-electron chi connectivity index (χ1n) is 2.04. The summed E-state index contributed by atoms with van der Waals surface area (Å²) in [6.07, 6.45) is 0. The Balaban J connectivity index is 3.91. The number of primary sulfonamides is 1. The predicted molar refractivity (Wildman–Crippen MR) is 36.8 cm³/mol. The van der Waals surface area contributed by atoms with E-state index in [0.717, 1.165) is 0 Å². The van der Waals surface area contributed by atoms with E-state index in [0.29, 0.717) is 0 Å². The van der Waals surface area contributed by atoms with Crippen molar-refractivity contribution in [1.29, 1.82) is 0 Å². The van der Waals surface area contributed by atoms with Gasteiger partial charge in [-0.15, -0.1) is 0 Å². The fourth-order valence-corrected chi connectivity index (χ4v) is 1.27. The number of carbonyl (C=O) groups is 1. The van der Waals surface area contributed by atoms with Crippen LogP contribution in [0.15, 0.2) is 0 Å². The highest BCUT2D eigenvalue weighted by Crippen LogP contribution is 1.85. The van der Waals surface area contributed by atoms with E-state index in [1.54, 1.807) is 0 Å². The van der Waals surface area contributed by atoms with Gasteiger partial charge in [0.15, 0.2) is 5.78 Å². The molecule has 0 aliphatic heterocycles. The van der Waals surface area contributed by atoms with Crippen LogP contribution in [0.4, 0.5) is 0 Å². The van der Waals surface area contributed by atoms with Crippen molar-refractivity contribution in [2.24, 2.45) is 5.14 Å². The third kappa shape index (κ3) is 5.94. The summed E-state index contributed by atoms with van der Waals surface area (Å²) >= 11 is 2.80. The summed E-state index contributed by atoms with van der Waals surface area (Å²) in [4.78, 5) is 10.3. The van der Waals surface area contributed by atoms with Crippen LogP contribution in [0.2, 0.25) is 0 Å². The summed E-state index contributed by atoms with van der Waals surface area (Å²) in [5.41, 5.74) is 0. The Bertz CT molecular complexity index is 197. The Morgan fingerprint density at radius 2 is 2.00 bits per heavy atom. The lowest BCUT2D eigenvalue weighted by Crippen LogP contribution is -2.23. The molecule has 0 amide bonds. The SMILES string of the molecule is NS(=O)(=O)CC(=O)CBr. The van der Waals surface area contributed by atoms with E-state index in [-0.39, 0.29) is 5.33 Å². The van der Waals surface area contributed by atoms with E-state index in [1.807, 2.05) is 0 Å². The quantitative estimate of drug-likeness (QED) is 0.630. The van der Waals surface area contributed by atoms with E-state index in [1.165, 1.54) is 0 Å². The van der Waals surface area contributed by atoms with Crippen LogP contribution in [0, 0.1) is 0 Å². The summed E-state index contributed by atoms with van der Waals surface area (Å²) < 4.78 is 20.3. The molecule has 0 rings (SSSR count). The lowest BCUT2D eigenvalue weighted by molar-refractivity contribution is -0.114. The van der Waals surface area contributed by atoms with Crippen molar-refractivity contribution in [2.75, 3.05) is 11.1 Å². The van der Waals surface area contributed by atoms with Crippen molar-refractivity contribution in [2.45, 2.75) is 0 Å². The lowest BCUT2D eigenvalue weighted by atomic mass is 10.5. The van der Waals surface area contributed by atoms with Gasteiger partial charge >= 0.3 is 0 Å². The van der Waals surface area contributed by atoms with Gasteiger partial charge in [0.2, 0.25) is 10.0 Å². The minimum absolute atomic E-state index is 0.0312. The van der Waals surface area contributed by atoms with E-state index >= 15 is 0 Å². The molecule has 0 heterocycles. The molecule has 0 aliphatic rings. The fourth-order valence-electron chi connectivity index (χ4n) is 0.263. The molecule has 9 heavy (non-hydrogen) atoms. The Kier molecular flexibility index (Phi) is 3.31. The van der Waals surface area contributed by atoms with Crippen LogP contribution >= 0.6 is 15.9 Å². The number of Topliss-reactive ketones (excluding diaryl/α,β-unsaturated/α-hetero) is 1. The molecule has 0 aromatic carbocycles. The van der Waals surface area contributed by atoms with Crippen LogP contribution in [0.25, 0.3) is 0 Å². The molecule has 0 aliphatic carbocycles. The minimum atomic E-state index is -3.62. The second-order valence-electron chi connectivity index (χ2n) is 1.48. The van der Waals surface area contributed by atoms with Crippen LogP contribution in [-0.4, -0.2) is 25.3 Å². The number of ketones is 1. The van der Waals surface area contributed by atoms with Crippen LogP contribution in [-0.2, 0) is 14.8 Å². The topological polar surface area (TPSA) is 77.2 Å². The number of halogens is 1. The second-order valence-corrected chi connectivity index (χ2v) is 3.65. The molecule has 2 N–H and O–H groups in total. The molecule has 0 aromatic heterocycles. The van der Waals surface area contributed by atoms with Crippen LogP contribution in [0.5, 0.6) is 0 Å². The molecule has 0 bridgehead atoms. The average Bonchev–Trinajstić information content (AvgIpc) is 1.62. The van der Waals surface area contributed by atoms with E-state index in [9.17, 15) is 13.2 Å². The van der Waals surface area contributed by atoms with Crippen molar-refractivity contribution < 1.29 is 13.2 Å². The third-order valence-corrected chi connectivity index (χ3v) is 1.86. The molecule has 0 atom stereocenters. The molecule has 0 saturated heterocycles. The first kappa shape index (κ1) is 9.06. The van der Waals surface area contributed by atoms with Gasteiger partial charge in [0, 0.05) is 0 Å². The van der Waals surface area contributed by atoms with Gasteiger partial charge in [-0.2, -0.15) is 0 Å². The van der Waals surface area contributed by atoms with Crippen molar-refractivity contribution >= 4 is 31.7 Å². The average molecular weight is 216 g/mol. The maximum Gasteiger partial charge on any atom is 0.216 e. The summed E-state index contributed by atoms with van der Waals surface area (Å²) in [7, 11) is -3.62. The van der Waals surface area contributed by atoms with Gasteiger partial charge < -0.3 is 0 Å². The Morgan fingerprint density at radius 3 is 2.11 bits per heavy atom. The molecule has 54 valence electrons. The smallest absolute Gasteiger partial charge is 0.216 e. The standard InChI is InChI=1S/C3H6BrNO3S/c4-1-3(6)2-9(5,7)8/h1-2H2,(H2,5,7,8). The second kappa shape index (κ2) is 3.28. The predicted octanol–water partition coefficient (Wildman–Crippen LogP) is -0.761. The van der Waals surface area contributed by atoms with Crippen molar-refractivity contribution in [3.05, 3.63) is 0 Å². The molecular formula is C3H6BrNO3S. The van der Waals surface area contributed by atoms with Gasteiger partial charge in [-0.3, -0.25) is 4.79 Å². The molecule has 0 saturated carbocycles. The number of sulfonamides is 1. The van der Waals surface area contributed by atoms with Gasteiger partial charge in [0.05, 0.1) is 5.33 Å². The number of hydrogen-bond acceptors (Lipinski definition) is 3. The van der Waals surface area contributed by atoms with E-state index < -0.39 is 21.6 Å². The number of hydrogen-bond donors (Lipinski definition) is 1. The zero-order valence-electron chi connectivity index (χ0n) is 4.50. The van der Waals surface area contributed by atoms with Crippen molar-refractivity contribution in [3.63, 3.8) is 0 Å². The minimum Gasteiger partial charge on any atom is -0.298 e. The van der Waals surface area contributed by atoms with Crippen LogP contribution in [0.3, 0.4) is 0 Å². The van der Waals surface area contributed by atoms with Gasteiger partial charge in [-0.25, -0.2) is 13.6 Å². The number of alkyl halides is 1. The third-order valence-electron chi connectivity index (χ3n) is 0.511. The maximum absolute atomic E-state index is 10.3. The summed E-state index contributed by atoms with van der Waals surface area (Å²) in [5.74, 6) is -1.02. The summed E-state index contributed by atoms with van der Waals surface area (Å²) in [6.45, 7) is 0. The molecular weight excluding hydrogens is 210 g/mol. The van der Waals surface area contributed by atoms with Crippen molar-refractivity contribution in [3.8, 4) is 0 Å². The molecule has 6 heteroatoms. The number of rotatable bonds is 3. The highest BCUT2D eigenvalue weighted by atomic mass is 79.9. The number of carbonyl (C=O) groups excluding carboxylic acids is 1. The first-order valence-corrected chi connectivity index (χ1v) is 4.87. The zero-order chi connectivity index (χ0) is 7.49. The van der Waals surface area contributed by atoms with Gasteiger partial charge in [0.1, 0.15) is 5.75 Å². The molecule has 0 radical (unpaired) electrons. The zero-order valence-corrected chi connectivity index (χ0v) is 6.91. The summed E-state index contributed by atoms with van der Waals surface area (Å²) in [6, 6.07) is 0. The highest BCUT2D eigenvalue weighted by Gasteiger charge is 2.08. The largest absolute Gasteiger partial charge is 0.298 e. The molecule has 0 unspecified atom stereocenters. The Labute approximate surface area is 61.6 Å². The van der Waals surface area contributed by atoms with Gasteiger partial charge in [0.25, 0.3) is 0 Å². The monoisotopic (exact) mass is 215 g/mol. The van der Waals surface area contributed by atoms with Gasteiger partial charge in [-0.1, -0.05) is 15.9 Å². The highest BCUT2D eigenvalue weighted by molar-refractivity contribution is 9.09. The first-order chi connectivity index (χ1) is 3.95. The van der Waals surface area contributed by atoms with E-state index in [4.69, 9.17) is 0 Å². The maximum atomic E-state index is 10.3. The molecule has 0 fully saturated rings. The number of nitrogens with two attached hydrogens (primary N) is 1. The normalized spacial score (nSPS) is 11.3. The summed E-state index contributed by atoms with van der Waals surface area (Å²) in [5, 5.41) is 4.57. The lowest BCUT2D eigenvalue weighted by Gasteiger charge is -1.90. The molecule has 0 aromatic rings. The van der Waals surface area contributed by atoms with E-state index in [2.05, 4.69) is 21.1 Å². The van der Waals surface area contributed by atoms with Gasteiger partial charge in [-0.05, 0) is 0 Å². The van der Waals surface area contributed by atoms with Crippen molar-refractivity contribution in [1.82, 2.24) is 0 Å². The Morgan fingerprint density at radius 1 is 1.56 bits per heavy atom.